The molecule has 0 aromatic rings. The molecule has 0 heterocycles. The quantitative estimate of drug-likeness (QED) is 0.207. The Morgan fingerprint density at radius 1 is 1.55 bits per heavy atom. The Bertz CT molecular complexity index is 61.7. The van der Waals surface area contributed by atoms with Crippen LogP contribution in [-0.4, -0.2) is 19.6 Å². The van der Waals surface area contributed by atoms with Gasteiger partial charge >= 0.3 is 29.6 Å². The van der Waals surface area contributed by atoms with Crippen molar-refractivity contribution in [3.63, 3.8) is 0 Å². The predicted molar refractivity (Wildman–Crippen MR) is 41.4 cm³/mol. The molecule has 11 heavy (non-hydrogen) atoms. The molecule has 3 N–H and O–H groups in total. The summed E-state index contributed by atoms with van der Waals surface area (Å²) < 4.78 is 0. The van der Waals surface area contributed by atoms with Crippen molar-refractivity contribution < 1.29 is 29.6 Å². The maximum absolute atomic E-state index is 8.00. The van der Waals surface area contributed by atoms with Crippen molar-refractivity contribution in [2.24, 2.45) is 11.1 Å². The molecule has 0 aliphatic carbocycles. The van der Waals surface area contributed by atoms with Crippen LogP contribution in [0.25, 0.3) is 0 Å². The van der Waals surface area contributed by atoms with Crippen LogP contribution in [0.1, 0.15) is 13.3 Å². The van der Waals surface area contributed by atoms with Crippen LogP contribution in [0.3, 0.4) is 0 Å². The van der Waals surface area contributed by atoms with Crippen LogP contribution in [-0.2, 0) is 0 Å². The van der Waals surface area contributed by atoms with Gasteiger partial charge in [-0.1, -0.05) is 6.92 Å². The number of hydrogen-bond donors (Lipinski definition) is 2. The van der Waals surface area contributed by atoms with E-state index in [9.17, 15) is 0 Å². The van der Waals surface area contributed by atoms with E-state index in [1.165, 1.54) is 6.42 Å². The average molecular weight is 171 g/mol. The maximum Gasteiger partial charge on any atom is 1.00 e. The molecule has 0 rings (SSSR count). The number of nitrogens with two attached hydrogens (primary N) is 1. The summed E-state index contributed by atoms with van der Waals surface area (Å²) in [5.41, 5.74) is 5.21. The maximum atomic E-state index is 8.00. The molecular formula is C5H14N3NaO2. The van der Waals surface area contributed by atoms with E-state index in [4.69, 9.17) is 15.8 Å². The van der Waals surface area contributed by atoms with Crippen LogP contribution in [0.2, 0.25) is 0 Å². The van der Waals surface area contributed by atoms with Gasteiger partial charge in [-0.3, -0.25) is 0 Å². The number of nitrogens with zero attached hydrogens (tertiary/aromatic N) is 1. The molecule has 0 aliphatic rings. The molecule has 0 radical (unpaired) electrons. The molecular weight excluding hydrogens is 157 g/mol. The zero-order valence-electron chi connectivity index (χ0n) is 7.17. The zero-order valence-corrected chi connectivity index (χ0v) is 9.17. The van der Waals surface area contributed by atoms with Crippen molar-refractivity contribution in [3.8, 4) is 0 Å². The van der Waals surface area contributed by atoms with Gasteiger partial charge < -0.3 is 21.2 Å². The summed E-state index contributed by atoms with van der Waals surface area (Å²) in [7, 11) is 0. The zero-order chi connectivity index (χ0) is 8.24. The molecule has 0 unspecified atom stereocenters. The van der Waals surface area contributed by atoms with Crippen molar-refractivity contribution in [2.75, 3.05) is 19.6 Å². The molecule has 62 valence electrons. The monoisotopic (exact) mass is 171 g/mol. The van der Waals surface area contributed by atoms with E-state index in [2.05, 4.69) is 12.2 Å². The van der Waals surface area contributed by atoms with Crippen LogP contribution in [0.15, 0.2) is 5.34 Å². The van der Waals surface area contributed by atoms with Crippen LogP contribution in [0.5, 0.6) is 0 Å². The van der Waals surface area contributed by atoms with Gasteiger partial charge in [-0.2, -0.15) is 0 Å². The second-order valence-electron chi connectivity index (χ2n) is 1.61. The molecule has 0 aliphatic heterocycles. The standard InChI is InChI=1S/C5H14N2.HNO2.Na/c1-2-4-7-5-3-6;2-1-3;/h7H,2-6H2,1H3;(H,2,3);/q;;+1/p-1. The fourth-order valence-corrected chi connectivity index (χ4v) is 0.404. The van der Waals surface area contributed by atoms with Gasteiger partial charge in [-0.25, -0.2) is 0 Å². The SMILES string of the molecule is CCCNCCN.O=N[O-].[Na+]. The second-order valence-corrected chi connectivity index (χ2v) is 1.61. The number of nitrogens with one attached hydrogen (secondary N) is 1. The van der Waals surface area contributed by atoms with Crippen LogP contribution < -0.4 is 40.6 Å². The van der Waals surface area contributed by atoms with Crippen molar-refractivity contribution in [2.45, 2.75) is 13.3 Å². The minimum absolute atomic E-state index is 0. The molecule has 0 saturated carbocycles. The Kier molecular flexibility index (Phi) is 35.5. The molecule has 0 aromatic carbocycles. The fraction of sp³-hybridized carbons (Fsp3) is 1.00. The molecule has 0 bridgehead atoms. The molecule has 0 amide bonds. The van der Waals surface area contributed by atoms with E-state index >= 15 is 0 Å². The first-order valence-corrected chi connectivity index (χ1v) is 3.19. The first-order valence-electron chi connectivity index (χ1n) is 3.19. The third kappa shape index (κ3) is 38.3. The predicted octanol–water partition coefficient (Wildman–Crippen LogP) is -2.80. The van der Waals surface area contributed by atoms with Gasteiger partial charge in [0.25, 0.3) is 0 Å². The summed E-state index contributed by atoms with van der Waals surface area (Å²) in [6, 6.07) is 0. The van der Waals surface area contributed by atoms with Crippen LogP contribution >= 0.6 is 0 Å². The van der Waals surface area contributed by atoms with E-state index < -0.39 is 0 Å². The number of rotatable bonds is 4. The van der Waals surface area contributed by atoms with Crippen molar-refractivity contribution in [3.05, 3.63) is 10.1 Å². The topological polar surface area (TPSA) is 90.5 Å². The molecule has 0 fully saturated rings. The first kappa shape index (κ1) is 17.4. The fourth-order valence-electron chi connectivity index (χ4n) is 0.404. The first-order chi connectivity index (χ1) is 4.83. The van der Waals surface area contributed by atoms with E-state index in [1.54, 1.807) is 0 Å². The molecule has 0 saturated heterocycles. The Labute approximate surface area is 89.0 Å². The second kappa shape index (κ2) is 22.4. The third-order valence-corrected chi connectivity index (χ3v) is 0.748. The Morgan fingerprint density at radius 3 is 2.27 bits per heavy atom. The van der Waals surface area contributed by atoms with Crippen LogP contribution in [0, 0.1) is 10.1 Å². The smallest absolute Gasteiger partial charge is 0.444 e. The van der Waals surface area contributed by atoms with Gasteiger partial charge in [0.2, 0.25) is 0 Å². The minimum atomic E-state index is 0. The summed E-state index contributed by atoms with van der Waals surface area (Å²) in [5.74, 6) is 0. The summed E-state index contributed by atoms with van der Waals surface area (Å²) in [6.45, 7) is 4.94. The minimum Gasteiger partial charge on any atom is -0.444 e. The van der Waals surface area contributed by atoms with Gasteiger partial charge in [0.05, 0.1) is 0 Å². The molecule has 0 atom stereocenters. The van der Waals surface area contributed by atoms with Crippen molar-refractivity contribution in [1.82, 2.24) is 5.32 Å². The van der Waals surface area contributed by atoms with Gasteiger partial charge in [0.15, 0.2) is 0 Å². The van der Waals surface area contributed by atoms with E-state index in [1.807, 2.05) is 0 Å². The normalized spacial score (nSPS) is 7.09. The van der Waals surface area contributed by atoms with Crippen molar-refractivity contribution in [1.29, 1.82) is 0 Å². The molecule has 0 aromatic heterocycles. The largest absolute Gasteiger partial charge is 1.00 e. The van der Waals surface area contributed by atoms with Crippen LogP contribution in [0.4, 0.5) is 0 Å². The van der Waals surface area contributed by atoms with Gasteiger partial charge in [-0.15, -0.1) is 5.34 Å². The van der Waals surface area contributed by atoms with Gasteiger partial charge in [-0.05, 0) is 13.0 Å². The van der Waals surface area contributed by atoms with Gasteiger partial charge in [0.1, 0.15) is 0 Å². The molecule has 6 heteroatoms. The summed E-state index contributed by atoms with van der Waals surface area (Å²) in [6.07, 6.45) is 1.19. The number of hydrogen-bond acceptors (Lipinski definition) is 5. The Morgan fingerprint density at radius 2 is 2.00 bits per heavy atom. The average Bonchev–Trinajstić information content (AvgIpc) is 1.91. The third-order valence-electron chi connectivity index (χ3n) is 0.748. The Hall–Kier alpha value is 0.320. The molecule has 5 nitrogen and oxygen atoms in total. The summed E-state index contributed by atoms with van der Waals surface area (Å²) in [4.78, 5) is 8.00. The summed E-state index contributed by atoms with van der Waals surface area (Å²) in [5, 5.41) is 12.2. The van der Waals surface area contributed by atoms with Crippen molar-refractivity contribution >= 4 is 0 Å². The van der Waals surface area contributed by atoms with E-state index in [0.717, 1.165) is 25.0 Å². The molecule has 0 spiro atoms. The van der Waals surface area contributed by atoms with E-state index in [0.29, 0.717) is 0 Å². The Balaban J connectivity index is -0.000000140. The summed E-state index contributed by atoms with van der Waals surface area (Å²) >= 11 is 0. The van der Waals surface area contributed by atoms with E-state index in [-0.39, 0.29) is 29.6 Å². The van der Waals surface area contributed by atoms with Gasteiger partial charge in [0, 0.05) is 13.1 Å².